The number of benzene rings is 3. The molecule has 0 unspecified atom stereocenters. The minimum absolute atomic E-state index is 0.171. The van der Waals surface area contributed by atoms with E-state index < -0.39 is 0 Å². The lowest BCUT2D eigenvalue weighted by molar-refractivity contribution is -0.143. The van der Waals surface area contributed by atoms with Crippen LogP contribution >= 0.6 is 23.2 Å². The second kappa shape index (κ2) is 16.4. The van der Waals surface area contributed by atoms with Gasteiger partial charge in [0.25, 0.3) is 0 Å². The van der Waals surface area contributed by atoms with Gasteiger partial charge in [-0.2, -0.15) is 0 Å². The molecule has 0 aliphatic carbocycles. The van der Waals surface area contributed by atoms with Gasteiger partial charge in [0.2, 0.25) is 0 Å². The first kappa shape index (κ1) is 30.8. The number of carbonyl (C=O) groups excluding carboxylic acids is 2. The molecule has 0 bridgehead atoms. The molecule has 3 rings (SSSR count). The van der Waals surface area contributed by atoms with Crippen LogP contribution in [-0.4, -0.2) is 38.4 Å². The predicted molar refractivity (Wildman–Crippen MR) is 159 cm³/mol. The third kappa shape index (κ3) is 10.4. The summed E-state index contributed by atoms with van der Waals surface area (Å²) in [4.78, 5) is 23.3. The van der Waals surface area contributed by atoms with Crippen LogP contribution in [-0.2, 0) is 31.9 Å². The van der Waals surface area contributed by atoms with Crippen LogP contribution < -0.4 is 9.47 Å². The quantitative estimate of drug-likeness (QED) is 0.184. The first-order valence-electron chi connectivity index (χ1n) is 12.9. The average molecular weight is 584 g/mol. The highest BCUT2D eigenvalue weighted by atomic mass is 35.5. The smallest absolute Gasteiger partial charge is 0.310 e. The second-order valence-corrected chi connectivity index (χ2v) is 9.40. The van der Waals surface area contributed by atoms with Gasteiger partial charge in [0.05, 0.1) is 36.1 Å². The van der Waals surface area contributed by atoms with Crippen LogP contribution in [0.25, 0.3) is 12.2 Å². The topological polar surface area (TPSA) is 71.1 Å². The van der Waals surface area contributed by atoms with Crippen LogP contribution in [0.2, 0.25) is 10.0 Å². The molecule has 0 heterocycles. The molecule has 0 radical (unpaired) electrons. The first-order chi connectivity index (χ1) is 19.4. The molecule has 0 fully saturated rings. The standard InChI is InChI=1S/C32H32Cl2O6/c1-3-37-31(35)21-25-12-14-29(27(33)19-25)39-16-6-10-23-8-5-9-24(18-23)11-7-17-40-30-15-13-26(20-28(30)34)22-32(36)38-4-2/h5-15,18-20H,3-4,16-17,21-22H2,1-2H3/b10-6+,11-7+. The molecule has 0 spiro atoms. The van der Waals surface area contributed by atoms with Crippen LogP contribution in [0.5, 0.6) is 11.5 Å². The van der Waals surface area contributed by atoms with E-state index in [0.29, 0.717) is 48.0 Å². The Balaban J connectivity index is 1.47. The maximum absolute atomic E-state index is 11.6. The number of hydrogen-bond donors (Lipinski definition) is 0. The van der Waals surface area contributed by atoms with E-state index in [1.54, 1.807) is 50.2 Å². The molecule has 0 atom stereocenters. The Morgan fingerprint density at radius 1 is 0.675 bits per heavy atom. The van der Waals surface area contributed by atoms with E-state index in [9.17, 15) is 9.59 Å². The van der Waals surface area contributed by atoms with E-state index in [0.717, 1.165) is 22.3 Å². The minimum Gasteiger partial charge on any atom is -0.488 e. The normalized spacial score (nSPS) is 11.1. The summed E-state index contributed by atoms with van der Waals surface area (Å²) >= 11 is 12.6. The minimum atomic E-state index is -0.289. The summed E-state index contributed by atoms with van der Waals surface area (Å²) in [5, 5.41) is 0.886. The van der Waals surface area contributed by atoms with Crippen molar-refractivity contribution in [1.29, 1.82) is 0 Å². The van der Waals surface area contributed by atoms with Crippen LogP contribution in [0.15, 0.2) is 72.8 Å². The number of hydrogen-bond acceptors (Lipinski definition) is 6. The van der Waals surface area contributed by atoms with Crippen LogP contribution in [0.1, 0.15) is 36.1 Å². The largest absolute Gasteiger partial charge is 0.488 e. The molecule has 40 heavy (non-hydrogen) atoms. The van der Waals surface area contributed by atoms with Gasteiger partial charge < -0.3 is 18.9 Å². The SMILES string of the molecule is CCOC(=O)Cc1ccc(OC/C=C/c2cccc(/C=C/COc3ccc(CC(=O)OCC)cc3Cl)c2)c(Cl)c1. The van der Waals surface area contributed by atoms with E-state index in [1.807, 2.05) is 48.6 Å². The zero-order valence-corrected chi connectivity index (χ0v) is 24.0. The van der Waals surface area contributed by atoms with Crippen molar-refractivity contribution in [3.8, 4) is 11.5 Å². The molecule has 3 aromatic rings. The van der Waals surface area contributed by atoms with Crippen molar-refractivity contribution in [2.75, 3.05) is 26.4 Å². The molecule has 0 amide bonds. The summed E-state index contributed by atoms with van der Waals surface area (Å²) < 4.78 is 21.5. The number of ether oxygens (including phenoxy) is 4. The molecular weight excluding hydrogens is 551 g/mol. The van der Waals surface area contributed by atoms with Crippen LogP contribution in [0.4, 0.5) is 0 Å². The molecule has 0 saturated heterocycles. The Morgan fingerprint density at radius 3 is 1.52 bits per heavy atom. The van der Waals surface area contributed by atoms with E-state index in [2.05, 4.69) is 0 Å². The molecule has 6 nitrogen and oxygen atoms in total. The first-order valence-corrected chi connectivity index (χ1v) is 13.7. The van der Waals surface area contributed by atoms with Crippen LogP contribution in [0, 0.1) is 0 Å². The highest BCUT2D eigenvalue weighted by molar-refractivity contribution is 6.32. The molecule has 0 aromatic heterocycles. The zero-order valence-electron chi connectivity index (χ0n) is 22.5. The second-order valence-electron chi connectivity index (χ2n) is 8.59. The van der Waals surface area contributed by atoms with Crippen molar-refractivity contribution in [1.82, 2.24) is 0 Å². The van der Waals surface area contributed by atoms with Gasteiger partial charge in [-0.05, 0) is 78.6 Å². The molecule has 0 N–H and O–H groups in total. The summed E-state index contributed by atoms with van der Waals surface area (Å²) in [6.07, 6.45) is 8.09. The number of esters is 2. The maximum Gasteiger partial charge on any atom is 0.310 e. The summed E-state index contributed by atoms with van der Waals surface area (Å²) in [6, 6.07) is 18.6. The van der Waals surface area contributed by atoms with Crippen molar-refractivity contribution in [3.05, 3.63) is 105 Å². The average Bonchev–Trinajstić information content (AvgIpc) is 2.91. The van der Waals surface area contributed by atoms with Gasteiger partial charge in [-0.3, -0.25) is 9.59 Å². The van der Waals surface area contributed by atoms with Gasteiger partial charge >= 0.3 is 11.9 Å². The number of rotatable bonds is 14. The van der Waals surface area contributed by atoms with E-state index in [-0.39, 0.29) is 24.8 Å². The fourth-order valence-corrected chi connectivity index (χ4v) is 4.23. The molecule has 0 aliphatic heterocycles. The number of carbonyl (C=O) groups is 2. The number of halogens is 2. The van der Waals surface area contributed by atoms with Gasteiger partial charge in [-0.15, -0.1) is 0 Å². The van der Waals surface area contributed by atoms with Gasteiger partial charge in [0, 0.05) is 0 Å². The highest BCUT2D eigenvalue weighted by Gasteiger charge is 2.09. The van der Waals surface area contributed by atoms with Crippen molar-refractivity contribution < 1.29 is 28.5 Å². The monoisotopic (exact) mass is 582 g/mol. The maximum atomic E-state index is 11.6. The fourth-order valence-electron chi connectivity index (χ4n) is 3.71. The molecular formula is C32H32Cl2O6. The lowest BCUT2D eigenvalue weighted by Gasteiger charge is -2.08. The van der Waals surface area contributed by atoms with Crippen LogP contribution in [0.3, 0.4) is 0 Å². The van der Waals surface area contributed by atoms with Gasteiger partial charge in [-0.25, -0.2) is 0 Å². The van der Waals surface area contributed by atoms with Crippen molar-refractivity contribution >= 4 is 47.3 Å². The van der Waals surface area contributed by atoms with Gasteiger partial charge in [-0.1, -0.05) is 65.7 Å². The Hall–Kier alpha value is -3.74. The van der Waals surface area contributed by atoms with E-state index in [4.69, 9.17) is 42.1 Å². The summed E-state index contributed by atoms with van der Waals surface area (Å²) in [6.45, 7) is 4.91. The van der Waals surface area contributed by atoms with Gasteiger partial charge in [0.1, 0.15) is 24.7 Å². The van der Waals surface area contributed by atoms with E-state index >= 15 is 0 Å². The third-order valence-corrected chi connectivity index (χ3v) is 6.09. The molecule has 8 heteroatoms. The van der Waals surface area contributed by atoms with Gasteiger partial charge in [0.15, 0.2) is 0 Å². The predicted octanol–water partition coefficient (Wildman–Crippen LogP) is 7.39. The molecule has 210 valence electrons. The lowest BCUT2D eigenvalue weighted by Crippen LogP contribution is -2.07. The summed E-state index contributed by atoms with van der Waals surface area (Å²) in [5.74, 6) is 0.513. The Kier molecular flexibility index (Phi) is 12.6. The molecule has 0 saturated carbocycles. The molecule has 3 aromatic carbocycles. The van der Waals surface area contributed by atoms with Crippen molar-refractivity contribution in [2.45, 2.75) is 26.7 Å². The fraction of sp³-hybridized carbons (Fsp3) is 0.250. The highest BCUT2D eigenvalue weighted by Crippen LogP contribution is 2.27. The third-order valence-electron chi connectivity index (χ3n) is 5.50. The van der Waals surface area contributed by atoms with Crippen molar-refractivity contribution in [3.63, 3.8) is 0 Å². The lowest BCUT2D eigenvalue weighted by atomic mass is 10.1. The zero-order chi connectivity index (χ0) is 28.7. The van der Waals surface area contributed by atoms with Crippen molar-refractivity contribution in [2.24, 2.45) is 0 Å². The Morgan fingerprint density at radius 2 is 1.12 bits per heavy atom. The Labute approximate surface area is 245 Å². The molecule has 0 aliphatic rings. The summed E-state index contributed by atoms with van der Waals surface area (Å²) in [5.41, 5.74) is 3.58. The Bertz CT molecular complexity index is 1250. The summed E-state index contributed by atoms with van der Waals surface area (Å²) in [7, 11) is 0. The van der Waals surface area contributed by atoms with E-state index in [1.165, 1.54) is 0 Å².